The Hall–Kier alpha value is -2.73. The van der Waals surface area contributed by atoms with Crippen LogP contribution in [0, 0.1) is 6.92 Å². The largest absolute Gasteiger partial charge is 0.370 e. The van der Waals surface area contributed by atoms with Gasteiger partial charge in [-0.25, -0.2) is 4.98 Å². The lowest BCUT2D eigenvalue weighted by molar-refractivity contribution is 0.371. The van der Waals surface area contributed by atoms with Gasteiger partial charge in [0.25, 0.3) is 0 Å². The fraction of sp³-hybridized carbons (Fsp3) is 0.500. The molecule has 6 heteroatoms. The summed E-state index contributed by atoms with van der Waals surface area (Å²) in [4.78, 5) is 19.9. The van der Waals surface area contributed by atoms with Crippen molar-refractivity contribution in [3.8, 4) is 22.6 Å². The average Bonchev–Trinajstić information content (AvgIpc) is 3.24. The molecule has 1 saturated carbocycles. The molecule has 0 radical (unpaired) electrons. The molecule has 1 saturated heterocycles. The Bertz CT molecular complexity index is 1030. The number of H-pyrrole nitrogens is 1. The van der Waals surface area contributed by atoms with Gasteiger partial charge in [0.2, 0.25) is 0 Å². The molecule has 0 amide bonds. The molecular weight excluding hydrogens is 396 g/mol. The Morgan fingerprint density at radius 1 is 1.00 bits per heavy atom. The maximum absolute atomic E-state index is 4.89. The van der Waals surface area contributed by atoms with Crippen molar-refractivity contribution < 1.29 is 0 Å². The van der Waals surface area contributed by atoms with Gasteiger partial charge in [-0.2, -0.15) is 0 Å². The van der Waals surface area contributed by atoms with Gasteiger partial charge in [-0.3, -0.25) is 9.97 Å². The van der Waals surface area contributed by atoms with E-state index in [-0.39, 0.29) is 0 Å². The number of nitrogens with zero attached hydrogens (tertiary/aromatic N) is 4. The first-order chi connectivity index (χ1) is 15.8. The van der Waals surface area contributed by atoms with Crippen molar-refractivity contribution in [2.24, 2.45) is 0 Å². The molecular formula is C26H34N6. The Labute approximate surface area is 190 Å². The molecule has 168 valence electrons. The minimum absolute atomic E-state index is 0.629. The molecule has 0 aromatic carbocycles. The summed E-state index contributed by atoms with van der Waals surface area (Å²) in [5.74, 6) is 0.838. The van der Waals surface area contributed by atoms with Crippen LogP contribution in [-0.4, -0.2) is 39.1 Å². The number of aromatic amines is 1. The van der Waals surface area contributed by atoms with Crippen molar-refractivity contribution >= 4 is 5.69 Å². The third kappa shape index (κ3) is 4.85. The van der Waals surface area contributed by atoms with Crippen LogP contribution in [-0.2, 0) is 6.54 Å². The van der Waals surface area contributed by atoms with Gasteiger partial charge in [0.15, 0.2) is 5.82 Å². The summed E-state index contributed by atoms with van der Waals surface area (Å²) in [5.41, 5.74) is 6.54. The van der Waals surface area contributed by atoms with Gasteiger partial charge in [0.05, 0.1) is 17.6 Å². The topological polar surface area (TPSA) is 69.7 Å². The summed E-state index contributed by atoms with van der Waals surface area (Å²) in [6.45, 7) is 5.16. The predicted molar refractivity (Wildman–Crippen MR) is 130 cm³/mol. The van der Waals surface area contributed by atoms with E-state index < -0.39 is 0 Å². The summed E-state index contributed by atoms with van der Waals surface area (Å²) in [7, 11) is 0. The van der Waals surface area contributed by atoms with Crippen LogP contribution in [0.2, 0.25) is 0 Å². The molecule has 3 aromatic rings. The van der Waals surface area contributed by atoms with E-state index in [0.29, 0.717) is 6.04 Å². The number of hydrogen-bond donors (Lipinski definition) is 2. The number of imidazole rings is 1. The van der Waals surface area contributed by atoms with Gasteiger partial charge in [0, 0.05) is 49.3 Å². The van der Waals surface area contributed by atoms with E-state index in [9.17, 15) is 0 Å². The average molecular weight is 431 g/mol. The van der Waals surface area contributed by atoms with Crippen molar-refractivity contribution in [3.63, 3.8) is 0 Å². The highest BCUT2D eigenvalue weighted by atomic mass is 15.1. The molecule has 4 heterocycles. The monoisotopic (exact) mass is 430 g/mol. The van der Waals surface area contributed by atoms with Crippen LogP contribution in [0.1, 0.15) is 62.8 Å². The summed E-state index contributed by atoms with van der Waals surface area (Å²) < 4.78 is 0. The molecule has 2 N–H and O–H groups in total. The molecule has 1 aliphatic heterocycles. The second-order valence-corrected chi connectivity index (χ2v) is 9.28. The summed E-state index contributed by atoms with van der Waals surface area (Å²) in [6, 6.07) is 7.06. The molecule has 0 atom stereocenters. The summed E-state index contributed by atoms with van der Waals surface area (Å²) in [5, 5.41) is 3.70. The van der Waals surface area contributed by atoms with Crippen LogP contribution in [0.3, 0.4) is 0 Å². The first-order valence-corrected chi connectivity index (χ1v) is 12.2. The number of pyridine rings is 2. The number of aryl methyl sites for hydroxylation is 1. The number of aromatic nitrogens is 4. The van der Waals surface area contributed by atoms with Crippen molar-refractivity contribution in [1.82, 2.24) is 25.3 Å². The second kappa shape index (κ2) is 9.82. The number of nitrogens with one attached hydrogen (secondary N) is 2. The number of anilines is 1. The van der Waals surface area contributed by atoms with Gasteiger partial charge in [0.1, 0.15) is 5.69 Å². The number of rotatable bonds is 6. The molecule has 5 rings (SSSR count). The normalized spacial score (nSPS) is 17.6. The SMILES string of the molecule is Cc1[nH]c(-c2cc(-c3cncc(N4CCCCC4)c3)ccn2)nc1CNC1CCCCC1. The minimum Gasteiger partial charge on any atom is -0.370 e. The van der Waals surface area contributed by atoms with E-state index in [0.717, 1.165) is 53.7 Å². The first-order valence-electron chi connectivity index (χ1n) is 12.2. The number of hydrogen-bond acceptors (Lipinski definition) is 5. The molecule has 0 spiro atoms. The van der Waals surface area contributed by atoms with E-state index in [1.807, 2.05) is 18.6 Å². The van der Waals surface area contributed by atoms with Crippen LogP contribution in [0.5, 0.6) is 0 Å². The molecule has 2 aliphatic rings. The van der Waals surface area contributed by atoms with Gasteiger partial charge < -0.3 is 15.2 Å². The standard InChI is InChI=1S/C26H34N6/c1-19-25(18-29-22-8-4-2-5-9-22)31-26(30-19)24-15-20(10-11-28-24)21-14-23(17-27-16-21)32-12-6-3-7-13-32/h10-11,14-17,22,29H,2-9,12-13,18H2,1H3,(H,30,31). The van der Waals surface area contributed by atoms with Crippen LogP contribution in [0.4, 0.5) is 5.69 Å². The third-order valence-electron chi connectivity index (χ3n) is 6.93. The number of piperidine rings is 1. The Morgan fingerprint density at radius 2 is 1.81 bits per heavy atom. The molecule has 0 bridgehead atoms. The van der Waals surface area contributed by atoms with Crippen molar-refractivity contribution in [2.75, 3.05) is 18.0 Å². The lowest BCUT2D eigenvalue weighted by Gasteiger charge is -2.28. The first kappa shape index (κ1) is 21.1. The van der Waals surface area contributed by atoms with Crippen molar-refractivity contribution in [3.05, 3.63) is 48.2 Å². The predicted octanol–water partition coefficient (Wildman–Crippen LogP) is 5.25. The smallest absolute Gasteiger partial charge is 0.156 e. The molecule has 6 nitrogen and oxygen atoms in total. The van der Waals surface area contributed by atoms with Crippen molar-refractivity contribution in [2.45, 2.75) is 70.9 Å². The lowest BCUT2D eigenvalue weighted by atomic mass is 9.95. The van der Waals surface area contributed by atoms with Crippen LogP contribution in [0.25, 0.3) is 22.6 Å². The van der Waals surface area contributed by atoms with E-state index in [2.05, 4.69) is 50.3 Å². The maximum atomic E-state index is 4.89. The molecule has 32 heavy (non-hydrogen) atoms. The molecule has 3 aromatic heterocycles. The zero-order chi connectivity index (χ0) is 21.8. The van der Waals surface area contributed by atoms with Gasteiger partial charge in [-0.1, -0.05) is 19.3 Å². The van der Waals surface area contributed by atoms with Gasteiger partial charge in [-0.05, 0) is 62.8 Å². The van der Waals surface area contributed by atoms with E-state index in [1.54, 1.807) is 0 Å². The minimum atomic E-state index is 0.629. The molecule has 0 unspecified atom stereocenters. The lowest BCUT2D eigenvalue weighted by Crippen LogP contribution is -2.30. The molecule has 2 fully saturated rings. The van der Waals surface area contributed by atoms with Crippen LogP contribution in [0.15, 0.2) is 36.8 Å². The van der Waals surface area contributed by atoms with E-state index in [1.165, 1.54) is 57.1 Å². The second-order valence-electron chi connectivity index (χ2n) is 9.28. The van der Waals surface area contributed by atoms with E-state index >= 15 is 0 Å². The Morgan fingerprint density at radius 3 is 2.66 bits per heavy atom. The Kier molecular flexibility index (Phi) is 6.49. The highest BCUT2D eigenvalue weighted by Gasteiger charge is 2.16. The highest BCUT2D eigenvalue weighted by molar-refractivity contribution is 5.70. The van der Waals surface area contributed by atoms with Crippen LogP contribution >= 0.6 is 0 Å². The zero-order valence-corrected chi connectivity index (χ0v) is 19.1. The fourth-order valence-electron chi connectivity index (χ4n) is 4.99. The highest BCUT2D eigenvalue weighted by Crippen LogP contribution is 2.28. The Balaban J connectivity index is 1.33. The van der Waals surface area contributed by atoms with Gasteiger partial charge in [-0.15, -0.1) is 0 Å². The fourth-order valence-corrected chi connectivity index (χ4v) is 4.99. The zero-order valence-electron chi connectivity index (χ0n) is 19.1. The van der Waals surface area contributed by atoms with E-state index in [4.69, 9.17) is 4.98 Å². The van der Waals surface area contributed by atoms with Gasteiger partial charge >= 0.3 is 0 Å². The summed E-state index contributed by atoms with van der Waals surface area (Å²) in [6.07, 6.45) is 16.3. The van der Waals surface area contributed by atoms with Crippen LogP contribution < -0.4 is 10.2 Å². The molecule has 1 aliphatic carbocycles. The third-order valence-corrected chi connectivity index (χ3v) is 6.93. The maximum Gasteiger partial charge on any atom is 0.156 e. The van der Waals surface area contributed by atoms with Crippen molar-refractivity contribution in [1.29, 1.82) is 0 Å². The quantitative estimate of drug-likeness (QED) is 0.559. The summed E-state index contributed by atoms with van der Waals surface area (Å²) >= 11 is 0.